The zero-order valence-corrected chi connectivity index (χ0v) is 54.8. The molecule has 2 aromatic rings. The molecule has 1 aliphatic rings. The molecule has 0 saturated carbocycles. The second-order valence-corrected chi connectivity index (χ2v) is 25.3. The quantitative estimate of drug-likeness (QED) is 0.0426. The van der Waals surface area contributed by atoms with Crippen molar-refractivity contribution in [2.45, 2.75) is 195 Å². The molecule has 9 amide bonds. The fourth-order valence-corrected chi connectivity index (χ4v) is 11.3. The highest BCUT2D eigenvalue weighted by Crippen LogP contribution is 2.30. The zero-order valence-electron chi connectivity index (χ0n) is 54.8. The maximum atomic E-state index is 14.8. The van der Waals surface area contributed by atoms with Crippen LogP contribution in [0.5, 0.6) is 0 Å². The van der Waals surface area contributed by atoms with E-state index in [2.05, 4.69) is 26.6 Å². The van der Waals surface area contributed by atoms with Gasteiger partial charge in [-0.15, -0.1) is 0 Å². The number of ether oxygens (including phenoxy) is 3. The van der Waals surface area contributed by atoms with Crippen molar-refractivity contribution in [1.82, 2.24) is 41.3 Å². The van der Waals surface area contributed by atoms with Gasteiger partial charge in [0.2, 0.25) is 35.4 Å². The number of nitrogens with one attached hydrogen (secondary N) is 5. The molecule has 87 heavy (non-hydrogen) atoms. The number of carbonyl (C=O) groups excluding carboxylic acids is 8. The van der Waals surface area contributed by atoms with Crippen molar-refractivity contribution in [1.29, 1.82) is 0 Å². The maximum Gasteiger partial charge on any atom is 0.408 e. The summed E-state index contributed by atoms with van der Waals surface area (Å²) in [5.74, 6) is -5.36. The number of primary amides is 1. The Morgan fingerprint density at radius 2 is 1.34 bits per heavy atom. The Labute approximate surface area is 516 Å². The summed E-state index contributed by atoms with van der Waals surface area (Å²) >= 11 is 0. The lowest BCUT2D eigenvalue weighted by Crippen LogP contribution is -2.60. The summed E-state index contributed by atoms with van der Waals surface area (Å²) in [6.45, 7) is 23.0. The molecule has 488 valence electrons. The minimum atomic E-state index is -1.17. The van der Waals surface area contributed by atoms with E-state index in [9.17, 15) is 48.3 Å². The summed E-state index contributed by atoms with van der Waals surface area (Å²) in [6, 6.07) is 9.82. The Hall–Kier alpha value is -6.85. The number of methoxy groups -OCH3 is 2. The first kappa shape index (κ1) is 74.4. The average Bonchev–Trinajstić information content (AvgIpc) is 2.34. The molecule has 1 heterocycles. The van der Waals surface area contributed by atoms with Gasteiger partial charge < -0.3 is 66.3 Å². The second-order valence-electron chi connectivity index (χ2n) is 25.3. The van der Waals surface area contributed by atoms with Gasteiger partial charge in [0.05, 0.1) is 42.7 Å². The first-order valence-electron chi connectivity index (χ1n) is 30.7. The van der Waals surface area contributed by atoms with Gasteiger partial charge in [-0.25, -0.2) is 14.4 Å². The third-order valence-corrected chi connectivity index (χ3v) is 16.4. The first-order valence-corrected chi connectivity index (χ1v) is 30.7. The summed E-state index contributed by atoms with van der Waals surface area (Å²) < 4.78 is 17.4. The minimum absolute atomic E-state index is 0.0821. The third-order valence-electron chi connectivity index (χ3n) is 16.4. The van der Waals surface area contributed by atoms with Gasteiger partial charge >= 0.3 is 18.1 Å². The van der Waals surface area contributed by atoms with Crippen LogP contribution in [0.3, 0.4) is 0 Å². The van der Waals surface area contributed by atoms with Gasteiger partial charge in [-0.1, -0.05) is 111 Å². The highest BCUT2D eigenvalue weighted by Gasteiger charge is 2.44. The van der Waals surface area contributed by atoms with Crippen molar-refractivity contribution in [2.24, 2.45) is 35.3 Å². The van der Waals surface area contributed by atoms with E-state index in [4.69, 9.17) is 19.9 Å². The fraction of sp³-hybridized carbons (Fsp3) is 0.672. The zero-order chi connectivity index (χ0) is 65.6. The van der Waals surface area contributed by atoms with Crippen LogP contribution in [0.1, 0.15) is 133 Å². The van der Waals surface area contributed by atoms with Gasteiger partial charge in [0.25, 0.3) is 0 Å². The Bertz CT molecular complexity index is 2560. The number of aliphatic carboxylic acids is 1. The number of nitrogens with two attached hydrogens (primary N) is 1. The van der Waals surface area contributed by atoms with E-state index in [0.717, 1.165) is 11.1 Å². The van der Waals surface area contributed by atoms with Crippen LogP contribution >= 0.6 is 0 Å². The van der Waals surface area contributed by atoms with Crippen molar-refractivity contribution >= 4 is 59.2 Å². The molecule has 1 aliphatic heterocycles. The highest BCUT2D eigenvalue weighted by atomic mass is 16.6. The molecule has 1 saturated heterocycles. The predicted octanol–water partition coefficient (Wildman–Crippen LogP) is 5.50. The van der Waals surface area contributed by atoms with Crippen LogP contribution in [0.15, 0.2) is 54.6 Å². The molecule has 23 heteroatoms. The predicted molar refractivity (Wildman–Crippen MR) is 334 cm³/mol. The number of likely N-dealkylation sites (N-methyl/N-ethyl adjacent to an activating group) is 3. The molecular weight excluding hydrogens is 1120 g/mol. The molecule has 10 unspecified atom stereocenters. The molecule has 3 rings (SSSR count). The van der Waals surface area contributed by atoms with E-state index in [0.29, 0.717) is 50.9 Å². The number of carboxylic acids is 1. The molecule has 0 radical (unpaired) electrons. The average molecular weight is 1220 g/mol. The van der Waals surface area contributed by atoms with Gasteiger partial charge in [0.1, 0.15) is 29.8 Å². The summed E-state index contributed by atoms with van der Waals surface area (Å²) in [4.78, 5) is 128. The van der Waals surface area contributed by atoms with Crippen molar-refractivity contribution in [3.63, 3.8) is 0 Å². The Morgan fingerprint density at radius 3 is 1.87 bits per heavy atom. The van der Waals surface area contributed by atoms with Crippen LogP contribution in [-0.4, -0.2) is 188 Å². The number of urea groups is 1. The number of alkyl carbamates (subject to hydrolysis) is 1. The molecule has 8 N–H and O–H groups in total. The molecule has 0 spiro atoms. The third kappa shape index (κ3) is 22.7. The number of anilines is 1. The number of hydrogen-bond donors (Lipinski definition) is 7. The SMILES string of the molecule is CCC(C)C(C(CC(=O)N1CCC[C@H]1C(OC)C(C)C(=O)NC(Cc1ccccc1)C(=O)O)OC)N(C)C(=O)C(NC(=O)C(C(C)C)N(C)CCc1ccc(N(C)C(=O)C(CCCNC(N)=O)NC(=O)C(NC(=O)OC(C)(C)C)C(C)C)cc1)C(C)C. The number of hydrogen-bond acceptors (Lipinski definition) is 13. The Morgan fingerprint density at radius 1 is 0.736 bits per heavy atom. The normalized spacial score (nSPS) is 17.0. The number of rotatable bonds is 34. The number of amides is 9. The number of carbonyl (C=O) groups is 9. The van der Waals surface area contributed by atoms with E-state index >= 15 is 0 Å². The van der Waals surface area contributed by atoms with Gasteiger partial charge in [-0.05, 0) is 107 Å². The van der Waals surface area contributed by atoms with Crippen molar-refractivity contribution in [3.05, 3.63) is 65.7 Å². The van der Waals surface area contributed by atoms with E-state index in [1.165, 1.54) is 19.1 Å². The summed E-state index contributed by atoms with van der Waals surface area (Å²) in [6.07, 6.45) is 0.599. The van der Waals surface area contributed by atoms with Gasteiger partial charge in [-0.2, -0.15) is 0 Å². The van der Waals surface area contributed by atoms with Crippen LogP contribution in [0, 0.1) is 29.6 Å². The van der Waals surface area contributed by atoms with Crippen LogP contribution < -0.4 is 37.2 Å². The van der Waals surface area contributed by atoms with Crippen molar-refractivity contribution < 1.29 is 62.5 Å². The standard InChI is InChI=1S/C64H104N10O13/c1-18-41(8)54(49(85-16)37-50(75)74-34-23-27-48(74)55(86-17)42(9)56(76)68-47(61(81)82)36-44-24-20-19-21-25-44)73(15)60(80)52(39(4)5)69-58(78)53(40(6)7)71(13)35-32-43-28-30-45(31-29-43)72(14)59(79)46(26-22-33-66-62(65)83)67-57(77)51(38(2)3)70-63(84)87-64(10,11)12/h19-21,24-25,28-31,38-42,46-49,51-55H,18,22-23,26-27,32-37H2,1-17H3,(H,67,77)(H,68,76)(H,69,78)(H,70,84)(H,81,82)(H3,65,66,83)/t41?,42?,46?,47?,48-,49?,51?,52?,53?,54?,55?/m0/s1. The second kappa shape index (κ2) is 35.2. The molecule has 0 aromatic heterocycles. The van der Waals surface area contributed by atoms with Crippen LogP contribution in [0.2, 0.25) is 0 Å². The van der Waals surface area contributed by atoms with Gasteiger partial charge in [0.15, 0.2) is 0 Å². The van der Waals surface area contributed by atoms with E-state index in [-0.39, 0.29) is 67.2 Å². The number of benzene rings is 2. The molecule has 0 bridgehead atoms. The Kier molecular flexibility index (Phi) is 30.1. The fourth-order valence-electron chi connectivity index (χ4n) is 11.3. The lowest BCUT2D eigenvalue weighted by Gasteiger charge is -2.41. The molecule has 0 aliphatic carbocycles. The van der Waals surface area contributed by atoms with Gasteiger partial charge in [0, 0.05) is 60.1 Å². The molecule has 1 fully saturated rings. The van der Waals surface area contributed by atoms with Gasteiger partial charge in [-0.3, -0.25) is 33.7 Å². The van der Waals surface area contributed by atoms with Crippen LogP contribution in [0.25, 0.3) is 0 Å². The molecule has 11 atom stereocenters. The Balaban J connectivity index is 1.75. The van der Waals surface area contributed by atoms with E-state index < -0.39 is 102 Å². The summed E-state index contributed by atoms with van der Waals surface area (Å²) in [5.41, 5.74) is 6.69. The first-order chi connectivity index (χ1) is 40.8. The highest BCUT2D eigenvalue weighted by molar-refractivity contribution is 6.00. The largest absolute Gasteiger partial charge is 0.480 e. The summed E-state index contributed by atoms with van der Waals surface area (Å²) in [7, 11) is 8.13. The molecular formula is C64H104N10O13. The van der Waals surface area contributed by atoms with E-state index in [1.807, 2.05) is 71.7 Å². The molecule has 23 nitrogen and oxygen atoms in total. The summed E-state index contributed by atoms with van der Waals surface area (Å²) in [5, 5.41) is 23.8. The smallest absolute Gasteiger partial charge is 0.408 e. The molecule has 2 aromatic carbocycles. The topological polar surface area (TPSA) is 301 Å². The number of nitrogens with zero attached hydrogens (tertiary/aromatic N) is 4. The van der Waals surface area contributed by atoms with Crippen molar-refractivity contribution in [2.75, 3.05) is 59.9 Å². The van der Waals surface area contributed by atoms with Crippen LogP contribution in [0.4, 0.5) is 15.3 Å². The van der Waals surface area contributed by atoms with Crippen LogP contribution in [-0.2, 0) is 60.6 Å². The maximum absolute atomic E-state index is 14.8. The monoisotopic (exact) mass is 1220 g/mol. The lowest BCUT2D eigenvalue weighted by molar-refractivity contribution is -0.148. The number of likely N-dealkylation sites (tertiary alicyclic amines) is 1. The minimum Gasteiger partial charge on any atom is -0.480 e. The number of carboxylic acid groups (broad SMARTS) is 1. The van der Waals surface area contributed by atoms with E-state index in [1.54, 1.807) is 102 Å². The lowest BCUT2D eigenvalue weighted by atomic mass is 9.89. The van der Waals surface area contributed by atoms with Crippen molar-refractivity contribution in [3.8, 4) is 0 Å².